The molecule has 0 fully saturated rings. The molecule has 0 aliphatic carbocycles. The predicted octanol–water partition coefficient (Wildman–Crippen LogP) is 4.24. The Hall–Kier alpha value is -2.01. The summed E-state index contributed by atoms with van der Waals surface area (Å²) in [6.07, 6.45) is 0. The average Bonchev–Trinajstić information content (AvgIpc) is 2.91. The first-order valence-corrected chi connectivity index (χ1v) is 7.36. The Bertz CT molecular complexity index is 737. The summed E-state index contributed by atoms with van der Waals surface area (Å²) in [5.41, 5.74) is 2.72. The zero-order valence-electron chi connectivity index (χ0n) is 11.8. The highest BCUT2D eigenvalue weighted by Crippen LogP contribution is 2.27. The third kappa shape index (κ3) is 2.88. The maximum Gasteiger partial charge on any atom is 0.298 e. The quantitative estimate of drug-likeness (QED) is 0.708. The van der Waals surface area contributed by atoms with Crippen LogP contribution in [0.2, 0.25) is 0 Å². The molecule has 0 saturated carbocycles. The van der Waals surface area contributed by atoms with Crippen LogP contribution in [-0.4, -0.2) is 19.1 Å². The van der Waals surface area contributed by atoms with Gasteiger partial charge in [-0.2, -0.15) is 4.98 Å². The summed E-state index contributed by atoms with van der Waals surface area (Å²) >= 11 is 3.49. The lowest BCUT2D eigenvalue weighted by atomic mass is 10.2. The zero-order chi connectivity index (χ0) is 14.8. The number of hydrogen-bond acceptors (Lipinski definition) is 4. The van der Waals surface area contributed by atoms with Crippen LogP contribution in [0, 0.1) is 0 Å². The van der Waals surface area contributed by atoms with Gasteiger partial charge in [-0.05, 0) is 30.3 Å². The molecule has 2 aromatic carbocycles. The van der Waals surface area contributed by atoms with Crippen molar-refractivity contribution in [2.45, 2.75) is 6.54 Å². The van der Waals surface area contributed by atoms with E-state index in [4.69, 9.17) is 9.15 Å². The number of halogens is 1. The van der Waals surface area contributed by atoms with Crippen molar-refractivity contribution in [1.82, 2.24) is 4.98 Å². The monoisotopic (exact) mass is 346 g/mol. The number of aromatic nitrogens is 1. The van der Waals surface area contributed by atoms with Crippen molar-refractivity contribution in [3.05, 3.63) is 52.5 Å². The molecular weight excluding hydrogens is 332 g/mol. The molecule has 0 aliphatic rings. The third-order valence-electron chi connectivity index (χ3n) is 3.26. The number of nitrogens with zero attached hydrogens (tertiary/aromatic N) is 2. The zero-order valence-corrected chi connectivity index (χ0v) is 13.4. The summed E-state index contributed by atoms with van der Waals surface area (Å²) in [7, 11) is 3.62. The Labute approximate surface area is 131 Å². The van der Waals surface area contributed by atoms with E-state index in [9.17, 15) is 0 Å². The van der Waals surface area contributed by atoms with E-state index < -0.39 is 0 Å². The van der Waals surface area contributed by atoms with Crippen molar-refractivity contribution < 1.29 is 9.15 Å². The number of anilines is 1. The molecule has 0 radical (unpaired) electrons. The minimum atomic E-state index is 0.596. The van der Waals surface area contributed by atoms with Gasteiger partial charge in [-0.25, -0.2) is 0 Å². The molecule has 0 aliphatic heterocycles. The Balaban J connectivity index is 1.89. The standard InChI is InChI=1S/C16H15BrN2O2/c1-19(10-11-9-12(17)7-8-14(11)20-2)16-18-13-5-3-4-6-15(13)21-16/h3-9H,10H2,1-2H3. The van der Waals surface area contributed by atoms with E-state index in [1.165, 1.54) is 0 Å². The highest BCUT2D eigenvalue weighted by atomic mass is 79.9. The van der Waals surface area contributed by atoms with Crippen LogP contribution in [-0.2, 0) is 6.54 Å². The predicted molar refractivity (Wildman–Crippen MR) is 86.8 cm³/mol. The summed E-state index contributed by atoms with van der Waals surface area (Å²) in [5, 5.41) is 0. The van der Waals surface area contributed by atoms with E-state index in [1.54, 1.807) is 7.11 Å². The van der Waals surface area contributed by atoms with Crippen molar-refractivity contribution in [3.8, 4) is 5.75 Å². The minimum Gasteiger partial charge on any atom is -0.496 e. The first-order valence-electron chi connectivity index (χ1n) is 6.56. The second kappa shape index (κ2) is 5.77. The molecule has 5 heteroatoms. The van der Waals surface area contributed by atoms with E-state index in [1.807, 2.05) is 54.4 Å². The van der Waals surface area contributed by atoms with E-state index in [0.29, 0.717) is 12.6 Å². The van der Waals surface area contributed by atoms with Crippen molar-refractivity contribution in [3.63, 3.8) is 0 Å². The van der Waals surface area contributed by atoms with Gasteiger partial charge in [-0.1, -0.05) is 28.1 Å². The number of fused-ring (bicyclic) bond motifs is 1. The first kappa shape index (κ1) is 13.9. The summed E-state index contributed by atoms with van der Waals surface area (Å²) in [4.78, 5) is 6.46. The molecule has 1 heterocycles. The van der Waals surface area contributed by atoms with Gasteiger partial charge in [-0.15, -0.1) is 0 Å². The van der Waals surface area contributed by atoms with Crippen LogP contribution >= 0.6 is 15.9 Å². The lowest BCUT2D eigenvalue weighted by molar-refractivity contribution is 0.409. The van der Waals surface area contributed by atoms with Gasteiger partial charge in [0.1, 0.15) is 11.3 Å². The summed E-state index contributed by atoms with van der Waals surface area (Å²) in [6, 6.07) is 14.3. The molecule has 0 atom stereocenters. The molecule has 0 amide bonds. The first-order chi connectivity index (χ1) is 10.2. The normalized spacial score (nSPS) is 10.8. The minimum absolute atomic E-state index is 0.596. The molecule has 3 rings (SSSR count). The fraction of sp³-hybridized carbons (Fsp3) is 0.188. The molecule has 0 N–H and O–H groups in total. The topological polar surface area (TPSA) is 38.5 Å². The molecule has 4 nitrogen and oxygen atoms in total. The van der Waals surface area contributed by atoms with E-state index in [0.717, 1.165) is 26.9 Å². The van der Waals surface area contributed by atoms with Gasteiger partial charge >= 0.3 is 0 Å². The van der Waals surface area contributed by atoms with Crippen LogP contribution in [0.15, 0.2) is 51.4 Å². The van der Waals surface area contributed by atoms with Gasteiger partial charge in [0, 0.05) is 17.1 Å². The number of rotatable bonds is 4. The summed E-state index contributed by atoms with van der Waals surface area (Å²) in [6.45, 7) is 0.648. The van der Waals surface area contributed by atoms with E-state index >= 15 is 0 Å². The van der Waals surface area contributed by atoms with Crippen molar-refractivity contribution >= 4 is 33.0 Å². The summed E-state index contributed by atoms with van der Waals surface area (Å²) in [5.74, 6) is 0.848. The molecule has 108 valence electrons. The molecule has 21 heavy (non-hydrogen) atoms. The van der Waals surface area contributed by atoms with Gasteiger partial charge in [0.25, 0.3) is 6.01 Å². The van der Waals surface area contributed by atoms with Crippen molar-refractivity contribution in [2.75, 3.05) is 19.1 Å². The second-order valence-corrected chi connectivity index (χ2v) is 5.69. The summed E-state index contributed by atoms with van der Waals surface area (Å²) < 4.78 is 12.2. The van der Waals surface area contributed by atoms with Gasteiger partial charge in [0.15, 0.2) is 5.58 Å². The van der Waals surface area contributed by atoms with Crippen LogP contribution in [0.1, 0.15) is 5.56 Å². The average molecular weight is 347 g/mol. The number of methoxy groups -OCH3 is 1. The number of para-hydroxylation sites is 2. The molecular formula is C16H15BrN2O2. The smallest absolute Gasteiger partial charge is 0.298 e. The Morgan fingerprint density at radius 1 is 1.24 bits per heavy atom. The van der Waals surface area contributed by atoms with Gasteiger partial charge < -0.3 is 14.1 Å². The lowest BCUT2D eigenvalue weighted by Crippen LogP contribution is -2.17. The molecule has 3 aromatic rings. The Morgan fingerprint density at radius 2 is 2.05 bits per heavy atom. The number of benzene rings is 2. The lowest BCUT2D eigenvalue weighted by Gasteiger charge is -2.16. The number of hydrogen-bond donors (Lipinski definition) is 0. The van der Waals surface area contributed by atoms with E-state index in [-0.39, 0.29) is 0 Å². The number of ether oxygens (including phenoxy) is 1. The van der Waals surface area contributed by atoms with Crippen LogP contribution in [0.5, 0.6) is 5.75 Å². The second-order valence-electron chi connectivity index (χ2n) is 4.78. The SMILES string of the molecule is COc1ccc(Br)cc1CN(C)c1nc2ccccc2o1. The largest absolute Gasteiger partial charge is 0.496 e. The van der Waals surface area contributed by atoms with Crippen LogP contribution < -0.4 is 9.64 Å². The molecule has 0 saturated heterocycles. The maximum absolute atomic E-state index is 5.77. The van der Waals surface area contributed by atoms with Gasteiger partial charge in [-0.3, -0.25) is 0 Å². The van der Waals surface area contributed by atoms with Gasteiger partial charge in [0.2, 0.25) is 0 Å². The highest BCUT2D eigenvalue weighted by molar-refractivity contribution is 9.10. The number of oxazole rings is 1. The molecule has 0 spiro atoms. The highest BCUT2D eigenvalue weighted by Gasteiger charge is 2.13. The van der Waals surface area contributed by atoms with Gasteiger partial charge in [0.05, 0.1) is 13.7 Å². The van der Waals surface area contributed by atoms with Crippen molar-refractivity contribution in [2.24, 2.45) is 0 Å². The van der Waals surface area contributed by atoms with Crippen molar-refractivity contribution in [1.29, 1.82) is 0 Å². The van der Waals surface area contributed by atoms with Crippen LogP contribution in [0.3, 0.4) is 0 Å². The molecule has 1 aromatic heterocycles. The third-order valence-corrected chi connectivity index (χ3v) is 3.75. The van der Waals surface area contributed by atoms with E-state index in [2.05, 4.69) is 20.9 Å². The van der Waals surface area contributed by atoms with Crippen LogP contribution in [0.4, 0.5) is 6.01 Å². The fourth-order valence-corrected chi connectivity index (χ4v) is 2.63. The van der Waals surface area contributed by atoms with Crippen LogP contribution in [0.25, 0.3) is 11.1 Å². The Morgan fingerprint density at radius 3 is 2.81 bits per heavy atom. The molecule has 0 unspecified atom stereocenters. The Kier molecular flexibility index (Phi) is 3.84. The molecule has 0 bridgehead atoms. The maximum atomic E-state index is 5.77. The fourth-order valence-electron chi connectivity index (χ4n) is 2.22.